The third-order valence-corrected chi connectivity index (χ3v) is 3.52. The zero-order chi connectivity index (χ0) is 17.6. The van der Waals surface area contributed by atoms with Crippen molar-refractivity contribution in [1.29, 1.82) is 0 Å². The highest BCUT2D eigenvalue weighted by molar-refractivity contribution is 5.98. The van der Waals surface area contributed by atoms with Gasteiger partial charge in [-0.2, -0.15) is 0 Å². The van der Waals surface area contributed by atoms with Gasteiger partial charge in [0.2, 0.25) is 5.91 Å². The topological polar surface area (TPSA) is 125 Å². The number of amides is 2. The summed E-state index contributed by atoms with van der Waals surface area (Å²) in [5, 5.41) is 13.6. The third kappa shape index (κ3) is 4.67. The van der Waals surface area contributed by atoms with Crippen LogP contribution < -0.4 is 15.8 Å². The minimum Gasteiger partial charge on any atom is -0.487 e. The molecule has 2 atom stereocenters. The summed E-state index contributed by atoms with van der Waals surface area (Å²) in [5.41, 5.74) is 5.06. The van der Waals surface area contributed by atoms with Crippen LogP contribution in [0.3, 0.4) is 0 Å². The molecule has 2 amide bonds. The second-order valence-electron chi connectivity index (χ2n) is 5.11. The largest absolute Gasteiger partial charge is 0.487 e. The molecule has 0 heterocycles. The van der Waals surface area contributed by atoms with Gasteiger partial charge in [0.05, 0.1) is 11.5 Å². The Labute approximate surface area is 134 Å². The summed E-state index contributed by atoms with van der Waals surface area (Å²) in [6.07, 6.45) is 0.650. The van der Waals surface area contributed by atoms with E-state index in [1.165, 1.54) is 12.1 Å². The number of nitrogens with one attached hydrogen (secondary N) is 1. The van der Waals surface area contributed by atoms with E-state index < -0.39 is 22.8 Å². The van der Waals surface area contributed by atoms with E-state index in [9.17, 15) is 19.7 Å². The maximum atomic E-state index is 12.2. The maximum Gasteiger partial charge on any atom is 0.311 e. The van der Waals surface area contributed by atoms with Gasteiger partial charge in [0.1, 0.15) is 6.04 Å². The van der Waals surface area contributed by atoms with E-state index >= 15 is 0 Å². The third-order valence-electron chi connectivity index (χ3n) is 3.52. The summed E-state index contributed by atoms with van der Waals surface area (Å²) >= 11 is 0. The van der Waals surface area contributed by atoms with Gasteiger partial charge in [-0.1, -0.05) is 20.3 Å². The van der Waals surface area contributed by atoms with Crippen molar-refractivity contribution in [3.05, 3.63) is 33.9 Å². The lowest BCUT2D eigenvalue weighted by atomic mass is 9.98. The van der Waals surface area contributed by atoms with Gasteiger partial charge in [-0.15, -0.1) is 0 Å². The SMILES string of the molecule is CCOc1ccc(C(=O)NC(C(N)=O)C(C)CC)cc1[N+](=O)[O-]. The van der Waals surface area contributed by atoms with Crippen LogP contribution in [-0.2, 0) is 4.79 Å². The molecule has 0 radical (unpaired) electrons. The Balaban J connectivity index is 3.06. The molecule has 0 aliphatic carbocycles. The summed E-state index contributed by atoms with van der Waals surface area (Å²) in [7, 11) is 0. The average molecular weight is 323 g/mol. The summed E-state index contributed by atoms with van der Waals surface area (Å²) < 4.78 is 5.16. The number of carbonyl (C=O) groups excluding carboxylic acids is 2. The zero-order valence-electron chi connectivity index (χ0n) is 13.4. The van der Waals surface area contributed by atoms with Crippen LogP contribution in [0, 0.1) is 16.0 Å². The Morgan fingerprint density at radius 2 is 2.04 bits per heavy atom. The Morgan fingerprint density at radius 3 is 2.52 bits per heavy atom. The molecule has 0 saturated carbocycles. The summed E-state index contributed by atoms with van der Waals surface area (Å²) in [4.78, 5) is 34.2. The Morgan fingerprint density at radius 1 is 1.39 bits per heavy atom. The Hall–Kier alpha value is -2.64. The predicted molar refractivity (Wildman–Crippen MR) is 84.2 cm³/mol. The molecule has 0 spiro atoms. The molecule has 0 aliphatic rings. The van der Waals surface area contributed by atoms with Crippen LogP contribution in [0.2, 0.25) is 0 Å². The normalized spacial score (nSPS) is 13.0. The second kappa shape index (κ2) is 8.11. The Bertz CT molecular complexity index is 603. The molecule has 2 unspecified atom stereocenters. The van der Waals surface area contributed by atoms with E-state index in [4.69, 9.17) is 10.5 Å². The second-order valence-corrected chi connectivity index (χ2v) is 5.11. The lowest BCUT2D eigenvalue weighted by molar-refractivity contribution is -0.385. The van der Waals surface area contributed by atoms with E-state index in [-0.39, 0.29) is 29.5 Å². The fourth-order valence-corrected chi connectivity index (χ4v) is 2.03. The molecule has 8 heteroatoms. The Kier molecular flexibility index (Phi) is 6.49. The number of hydrogen-bond acceptors (Lipinski definition) is 5. The lowest BCUT2D eigenvalue weighted by Gasteiger charge is -2.21. The molecule has 23 heavy (non-hydrogen) atoms. The number of nitrogens with two attached hydrogens (primary N) is 1. The first-order valence-corrected chi connectivity index (χ1v) is 7.33. The molecule has 0 bridgehead atoms. The van der Waals surface area contributed by atoms with Gasteiger partial charge in [-0.3, -0.25) is 19.7 Å². The first-order valence-electron chi connectivity index (χ1n) is 7.33. The molecular weight excluding hydrogens is 302 g/mol. The van der Waals surface area contributed by atoms with Crippen LogP contribution in [-0.4, -0.2) is 29.4 Å². The summed E-state index contributed by atoms with van der Waals surface area (Å²) in [5.74, 6) is -1.30. The molecule has 0 aromatic heterocycles. The van der Waals surface area contributed by atoms with Crippen molar-refractivity contribution < 1.29 is 19.2 Å². The van der Waals surface area contributed by atoms with Gasteiger partial charge in [0, 0.05) is 11.6 Å². The first-order chi connectivity index (χ1) is 10.8. The van der Waals surface area contributed by atoms with E-state index in [2.05, 4.69) is 5.32 Å². The van der Waals surface area contributed by atoms with E-state index in [1.807, 2.05) is 6.92 Å². The van der Waals surface area contributed by atoms with E-state index in [0.717, 1.165) is 6.07 Å². The monoisotopic (exact) mass is 323 g/mol. The van der Waals surface area contributed by atoms with Crippen LogP contribution in [0.4, 0.5) is 5.69 Å². The van der Waals surface area contributed by atoms with Crippen LogP contribution in [0.15, 0.2) is 18.2 Å². The van der Waals surface area contributed by atoms with Crippen LogP contribution in [0.1, 0.15) is 37.6 Å². The molecule has 0 aliphatic heterocycles. The number of nitro benzene ring substituents is 1. The highest BCUT2D eigenvalue weighted by Gasteiger charge is 2.25. The van der Waals surface area contributed by atoms with Crippen molar-refractivity contribution in [2.45, 2.75) is 33.2 Å². The number of ether oxygens (including phenoxy) is 1. The van der Waals surface area contributed by atoms with Crippen molar-refractivity contribution in [1.82, 2.24) is 5.32 Å². The van der Waals surface area contributed by atoms with Crippen LogP contribution in [0.25, 0.3) is 0 Å². The summed E-state index contributed by atoms with van der Waals surface area (Å²) in [6.45, 7) is 5.63. The van der Waals surface area contributed by atoms with E-state index in [0.29, 0.717) is 6.42 Å². The maximum absolute atomic E-state index is 12.2. The van der Waals surface area contributed by atoms with Gasteiger partial charge in [-0.05, 0) is 25.0 Å². The standard InChI is InChI=1S/C15H21N3O5/c1-4-9(3)13(14(16)19)17-15(20)10-6-7-12(23-5-2)11(8-10)18(21)22/h6-9,13H,4-5H2,1-3H3,(H2,16,19)(H,17,20). The molecule has 3 N–H and O–H groups in total. The number of benzene rings is 1. The molecule has 1 rings (SSSR count). The fourth-order valence-electron chi connectivity index (χ4n) is 2.03. The quantitative estimate of drug-likeness (QED) is 0.555. The van der Waals surface area contributed by atoms with Crippen molar-refractivity contribution in [2.24, 2.45) is 11.7 Å². The number of hydrogen-bond donors (Lipinski definition) is 2. The molecule has 8 nitrogen and oxygen atoms in total. The fraction of sp³-hybridized carbons (Fsp3) is 0.467. The van der Waals surface area contributed by atoms with Crippen LogP contribution >= 0.6 is 0 Å². The highest BCUT2D eigenvalue weighted by atomic mass is 16.6. The average Bonchev–Trinajstić information content (AvgIpc) is 2.51. The lowest BCUT2D eigenvalue weighted by Crippen LogP contribution is -2.48. The van der Waals surface area contributed by atoms with Gasteiger partial charge < -0.3 is 15.8 Å². The predicted octanol–water partition coefficient (Wildman–Crippen LogP) is 1.62. The summed E-state index contributed by atoms with van der Waals surface area (Å²) in [6, 6.07) is 3.05. The van der Waals surface area contributed by atoms with Crippen molar-refractivity contribution in [3.63, 3.8) is 0 Å². The molecular formula is C15H21N3O5. The molecule has 1 aromatic carbocycles. The van der Waals surface area contributed by atoms with Gasteiger partial charge >= 0.3 is 5.69 Å². The van der Waals surface area contributed by atoms with Gasteiger partial charge in [0.25, 0.3) is 5.91 Å². The minimum absolute atomic E-state index is 0.0645. The van der Waals surface area contributed by atoms with Gasteiger partial charge in [-0.25, -0.2) is 0 Å². The molecule has 0 saturated heterocycles. The zero-order valence-corrected chi connectivity index (χ0v) is 13.4. The number of primary amides is 1. The smallest absolute Gasteiger partial charge is 0.311 e. The molecule has 1 aromatic rings. The number of carbonyl (C=O) groups is 2. The highest BCUT2D eigenvalue weighted by Crippen LogP contribution is 2.28. The number of nitrogens with zero attached hydrogens (tertiary/aromatic N) is 1. The van der Waals surface area contributed by atoms with Crippen LogP contribution in [0.5, 0.6) is 5.75 Å². The van der Waals surface area contributed by atoms with Crippen molar-refractivity contribution in [3.8, 4) is 5.75 Å². The van der Waals surface area contributed by atoms with Crippen molar-refractivity contribution in [2.75, 3.05) is 6.61 Å². The van der Waals surface area contributed by atoms with E-state index in [1.54, 1.807) is 13.8 Å². The van der Waals surface area contributed by atoms with Gasteiger partial charge in [0.15, 0.2) is 5.75 Å². The number of rotatable bonds is 8. The van der Waals surface area contributed by atoms with Crippen molar-refractivity contribution >= 4 is 17.5 Å². The minimum atomic E-state index is -0.835. The molecule has 0 fully saturated rings. The molecule has 126 valence electrons. The first kappa shape index (κ1) is 18.4. The number of nitro groups is 1.